The van der Waals surface area contributed by atoms with Crippen LogP contribution >= 0.6 is 0 Å². The Labute approximate surface area is 448 Å². The van der Waals surface area contributed by atoms with E-state index in [-0.39, 0.29) is 51.6 Å². The van der Waals surface area contributed by atoms with E-state index in [1.165, 1.54) is 53.3 Å². The third kappa shape index (κ3) is 11.2. The number of aromatic nitrogens is 2. The van der Waals surface area contributed by atoms with Crippen LogP contribution in [0.2, 0.25) is 0 Å². The van der Waals surface area contributed by atoms with Crippen molar-refractivity contribution < 1.29 is 41.8 Å². The number of ether oxygens (including phenoxy) is 3. The zero-order chi connectivity index (χ0) is 53.8. The van der Waals surface area contributed by atoms with E-state index in [1.807, 2.05) is 6.07 Å². The Morgan fingerprint density at radius 1 is 0.974 bits per heavy atom. The van der Waals surface area contributed by atoms with Gasteiger partial charge in [-0.15, -0.1) is 0 Å². The maximum absolute atomic E-state index is 14.7. The molecule has 11 rings (SSSR count). The fourth-order valence-electron chi connectivity index (χ4n) is 12.0. The molecule has 77 heavy (non-hydrogen) atoms. The van der Waals surface area contributed by atoms with Crippen LogP contribution in [0.3, 0.4) is 0 Å². The number of nitrogens with zero attached hydrogens (tertiary/aromatic N) is 5. The molecule has 2 saturated heterocycles. The number of sulfonamides is 1. The molecule has 2 aliphatic heterocycles. The number of benzene rings is 4. The fourth-order valence-corrected chi connectivity index (χ4v) is 13.0. The van der Waals surface area contributed by atoms with Gasteiger partial charge in [-0.2, -0.15) is 0 Å². The second kappa shape index (κ2) is 20.9. The minimum Gasteiger partial charge on any atom is -0.493 e. The van der Waals surface area contributed by atoms with E-state index in [0.29, 0.717) is 37.0 Å². The predicted octanol–water partition coefficient (Wildman–Crippen LogP) is 10.1. The highest BCUT2D eigenvalue weighted by Gasteiger charge is 2.55. The summed E-state index contributed by atoms with van der Waals surface area (Å²) in [6, 6.07) is 25.6. The van der Waals surface area contributed by atoms with Gasteiger partial charge in [0.1, 0.15) is 28.7 Å². The third-order valence-electron chi connectivity index (χ3n) is 16.5. The van der Waals surface area contributed by atoms with Gasteiger partial charge >= 0.3 is 0 Å². The molecule has 19 heteroatoms. The molecule has 2 aromatic heterocycles. The van der Waals surface area contributed by atoms with Gasteiger partial charge in [0, 0.05) is 87.3 Å². The largest absolute Gasteiger partial charge is 0.493 e. The fraction of sp³-hybridized carbons (Fsp3) is 0.448. The first-order valence-corrected chi connectivity index (χ1v) is 28.3. The zero-order valence-corrected chi connectivity index (χ0v) is 44.8. The van der Waals surface area contributed by atoms with Crippen molar-refractivity contribution in [1.82, 2.24) is 24.5 Å². The van der Waals surface area contributed by atoms with Crippen molar-refractivity contribution in [3.63, 3.8) is 0 Å². The predicted molar refractivity (Wildman–Crippen MR) is 291 cm³/mol. The van der Waals surface area contributed by atoms with Crippen LogP contribution in [0.1, 0.15) is 111 Å². The minimum absolute atomic E-state index is 0.0139. The number of hydrogen-bond donors (Lipinski definition) is 4. The Morgan fingerprint density at radius 3 is 2.49 bits per heavy atom. The quantitative estimate of drug-likeness (QED) is 0.0467. The molecule has 1 atom stereocenters. The van der Waals surface area contributed by atoms with Crippen LogP contribution in [0.25, 0.3) is 11.0 Å². The van der Waals surface area contributed by atoms with Gasteiger partial charge in [-0.1, -0.05) is 44.2 Å². The van der Waals surface area contributed by atoms with E-state index < -0.39 is 42.9 Å². The maximum Gasteiger partial charge on any atom is 0.293 e. The number of piperazine rings is 1. The first-order chi connectivity index (χ1) is 36.9. The van der Waals surface area contributed by atoms with Crippen molar-refractivity contribution in [2.75, 3.05) is 56.6 Å². The summed E-state index contributed by atoms with van der Waals surface area (Å²) in [7, 11) is -2.95. The summed E-state index contributed by atoms with van der Waals surface area (Å²) in [5.74, 6) is 0.679. The third-order valence-corrected chi connectivity index (χ3v) is 17.8. The smallest absolute Gasteiger partial charge is 0.293 e. The second-order valence-electron chi connectivity index (χ2n) is 22.7. The number of amides is 1. The molecule has 4 heterocycles. The van der Waals surface area contributed by atoms with Crippen LogP contribution in [-0.4, -0.2) is 108 Å². The van der Waals surface area contributed by atoms with Crippen molar-refractivity contribution in [3.8, 4) is 23.0 Å². The van der Waals surface area contributed by atoms with E-state index in [9.17, 15) is 32.8 Å². The molecule has 0 bridgehead atoms. The molecule has 1 spiro atoms. The summed E-state index contributed by atoms with van der Waals surface area (Å²) in [5.41, 5.74) is 3.90. The van der Waals surface area contributed by atoms with Crippen molar-refractivity contribution in [3.05, 3.63) is 136 Å². The van der Waals surface area contributed by atoms with Gasteiger partial charge < -0.3 is 34.5 Å². The summed E-state index contributed by atoms with van der Waals surface area (Å²) in [6.45, 7) is 11.8. The SMILES string of the molecule is COc1cc(CN2CCN(C3CC4(C3)CN(c3ccc(C(=O)NS(=O)(=O)c5ccc(NCC6CCC(C)(O)CC6)c([N+](=O)[O-])c5)c(Oc5cnc6[nH]cc(F)c6c5)c3)C4)[C@H](c3ccccc3C(C)C)C2)ccc1OC1CC1. The number of halogens is 1. The highest BCUT2D eigenvalue weighted by Crippen LogP contribution is 2.54. The molecule has 4 aromatic carbocycles. The molecule has 1 amide bonds. The van der Waals surface area contributed by atoms with Crippen LogP contribution in [0.4, 0.5) is 21.5 Å². The molecular formula is C58H67FN8O9S. The molecule has 17 nitrogen and oxygen atoms in total. The number of rotatable bonds is 18. The average molecular weight is 1070 g/mol. The number of carbonyl (C=O) groups is 1. The number of hydrogen-bond acceptors (Lipinski definition) is 14. The number of carbonyl (C=O) groups excluding carboxylic acids is 1. The van der Waals surface area contributed by atoms with Crippen LogP contribution in [0, 0.1) is 27.3 Å². The van der Waals surface area contributed by atoms with Crippen LogP contribution < -0.4 is 29.1 Å². The Balaban J connectivity index is 0.789. The van der Waals surface area contributed by atoms with E-state index in [1.54, 1.807) is 26.2 Å². The number of pyridine rings is 1. The Bertz CT molecular complexity index is 3310. The first kappa shape index (κ1) is 52.3. The molecule has 4 N–H and O–H groups in total. The normalized spacial score (nSPS) is 21.9. The lowest BCUT2D eigenvalue weighted by Crippen LogP contribution is -2.68. The van der Waals surface area contributed by atoms with Gasteiger partial charge in [0.2, 0.25) is 0 Å². The number of nitro groups is 1. The molecule has 5 fully saturated rings. The average Bonchev–Trinajstić information content (AvgIpc) is 4.18. The molecule has 5 aliphatic rings. The Hall–Kier alpha value is -6.80. The summed E-state index contributed by atoms with van der Waals surface area (Å²) >= 11 is 0. The Morgan fingerprint density at radius 2 is 1.75 bits per heavy atom. The van der Waals surface area contributed by atoms with E-state index in [2.05, 4.69) is 85.0 Å². The van der Waals surface area contributed by atoms with Gasteiger partial charge in [-0.3, -0.25) is 24.7 Å². The molecule has 0 unspecified atom stereocenters. The van der Waals surface area contributed by atoms with Gasteiger partial charge in [-0.05, 0) is 129 Å². The molecular weight excluding hydrogens is 1000 g/mol. The van der Waals surface area contributed by atoms with E-state index in [0.717, 1.165) is 101 Å². The lowest BCUT2D eigenvalue weighted by Gasteiger charge is -2.63. The summed E-state index contributed by atoms with van der Waals surface area (Å²) in [6.07, 6.45) is 9.79. The number of nitrogens with one attached hydrogen (secondary N) is 3. The van der Waals surface area contributed by atoms with Crippen molar-refractivity contribution >= 4 is 44.0 Å². The number of aromatic amines is 1. The standard InChI is InChI=1S/C58H67FN8O9S/c1-36(2)44-7-5-6-8-45(44)51-33-64(32-38-9-16-52(54(23-38)74-4)75-41-11-12-41)21-22-66(51)40-27-58(28-40)34-65(35-58)39-10-14-46(53(24-39)76-42-25-47-48(59)31-62-55(47)61-30-42)56(68)63-77(72,73)43-13-15-49(50(26-43)67(70)71)60-29-37-17-19-57(3,69)20-18-37/h5-10,13-16,23-26,30-31,36-37,40-41,51,60,69H,11-12,17-22,27-29,32-35H2,1-4H3,(H,61,62)(H,63,68)/t37?,51-,57?/m0/s1. The monoisotopic (exact) mass is 1070 g/mol. The molecule has 3 aliphatic carbocycles. The summed E-state index contributed by atoms with van der Waals surface area (Å²) in [5, 5.41) is 25.9. The van der Waals surface area contributed by atoms with E-state index in [4.69, 9.17) is 14.2 Å². The lowest BCUT2D eigenvalue weighted by molar-refractivity contribution is -0.384. The molecule has 0 radical (unpaired) electrons. The topological polar surface area (TPSA) is 205 Å². The van der Waals surface area contributed by atoms with Crippen molar-refractivity contribution in [1.29, 1.82) is 0 Å². The summed E-state index contributed by atoms with van der Waals surface area (Å²) in [4.78, 5) is 39.8. The first-order valence-electron chi connectivity index (χ1n) is 26.8. The van der Waals surface area contributed by atoms with Crippen molar-refractivity contribution in [2.24, 2.45) is 11.3 Å². The molecule has 406 valence electrons. The van der Waals surface area contributed by atoms with Gasteiger partial charge in [0.15, 0.2) is 11.5 Å². The summed E-state index contributed by atoms with van der Waals surface area (Å²) < 4.78 is 62.7. The highest BCUT2D eigenvalue weighted by molar-refractivity contribution is 7.90. The molecule has 6 aromatic rings. The molecule has 3 saturated carbocycles. The van der Waals surface area contributed by atoms with Crippen LogP contribution in [0.15, 0.2) is 102 Å². The lowest BCUT2D eigenvalue weighted by atomic mass is 9.59. The van der Waals surface area contributed by atoms with Gasteiger partial charge in [0.05, 0.1) is 45.8 Å². The van der Waals surface area contributed by atoms with Crippen LogP contribution in [0.5, 0.6) is 23.0 Å². The highest BCUT2D eigenvalue weighted by atomic mass is 32.2. The maximum atomic E-state index is 14.7. The van der Waals surface area contributed by atoms with Gasteiger partial charge in [-0.25, -0.2) is 22.5 Å². The van der Waals surface area contributed by atoms with Gasteiger partial charge in [0.25, 0.3) is 21.6 Å². The Kier molecular flexibility index (Phi) is 14.2. The number of anilines is 2. The second-order valence-corrected chi connectivity index (χ2v) is 24.4. The number of fused-ring (bicyclic) bond motifs is 1. The minimum atomic E-state index is -4.65. The van der Waals surface area contributed by atoms with Crippen molar-refractivity contribution in [2.45, 2.75) is 113 Å². The zero-order valence-electron chi connectivity index (χ0n) is 44.0. The number of methoxy groups -OCH3 is 1. The van der Waals surface area contributed by atoms with Crippen LogP contribution in [-0.2, 0) is 16.6 Å². The number of aliphatic hydroxyl groups is 1. The number of nitro benzene ring substituents is 1. The van der Waals surface area contributed by atoms with E-state index >= 15 is 0 Å². The number of H-pyrrole nitrogens is 1.